The van der Waals surface area contributed by atoms with Crippen LogP contribution in [0.3, 0.4) is 0 Å². The van der Waals surface area contributed by atoms with Gasteiger partial charge in [0.15, 0.2) is 0 Å². The van der Waals surface area contributed by atoms with Gasteiger partial charge in [0.05, 0.1) is 6.61 Å². The number of hydrogen-bond acceptors (Lipinski definition) is 3. The molecule has 0 aliphatic carbocycles. The van der Waals surface area contributed by atoms with Crippen molar-refractivity contribution in [2.24, 2.45) is 0 Å². The maximum Gasteiger partial charge on any atom is 0.255 e. The molecule has 0 saturated heterocycles. The summed E-state index contributed by atoms with van der Waals surface area (Å²) in [4.78, 5) is 16.3. The summed E-state index contributed by atoms with van der Waals surface area (Å²) in [5.41, 5.74) is 0.978. The van der Waals surface area contributed by atoms with Crippen molar-refractivity contribution in [1.29, 1.82) is 0 Å². The van der Waals surface area contributed by atoms with Crippen LogP contribution < -0.4 is 10.1 Å². The maximum absolute atomic E-state index is 12.2. The molecule has 1 amide bonds. The van der Waals surface area contributed by atoms with Gasteiger partial charge in [-0.15, -0.1) is 0 Å². The van der Waals surface area contributed by atoms with Gasteiger partial charge in [0.25, 0.3) is 5.91 Å². The van der Waals surface area contributed by atoms with Crippen molar-refractivity contribution >= 4 is 39.1 Å². The summed E-state index contributed by atoms with van der Waals surface area (Å²) in [5.74, 6) is 0.117. The number of hydrogen-bond donors (Lipinski definition) is 1. The lowest BCUT2D eigenvalue weighted by Crippen LogP contribution is -2.13. The van der Waals surface area contributed by atoms with Crippen LogP contribution in [0.15, 0.2) is 41.0 Å². The molecule has 0 bridgehead atoms. The highest BCUT2D eigenvalue weighted by Crippen LogP contribution is 2.23. The van der Waals surface area contributed by atoms with E-state index in [2.05, 4.69) is 26.2 Å². The molecule has 0 saturated carbocycles. The Morgan fingerprint density at radius 1 is 1.45 bits per heavy atom. The molecule has 1 aromatic heterocycles. The summed E-state index contributed by atoms with van der Waals surface area (Å²) in [6.07, 6.45) is 1.61. The molecule has 6 heteroatoms. The zero-order valence-electron chi connectivity index (χ0n) is 10.7. The molecule has 0 radical (unpaired) electrons. The monoisotopic (exact) mass is 354 g/mol. The van der Waals surface area contributed by atoms with E-state index < -0.39 is 0 Å². The Hall–Kier alpha value is -1.59. The van der Waals surface area contributed by atoms with E-state index in [0.29, 0.717) is 28.8 Å². The molecule has 1 N–H and O–H groups in total. The van der Waals surface area contributed by atoms with Crippen LogP contribution in [0.4, 0.5) is 5.69 Å². The first-order chi connectivity index (χ1) is 9.60. The second kappa shape index (κ2) is 6.72. The molecule has 0 aliphatic rings. The lowest BCUT2D eigenvalue weighted by molar-refractivity contribution is 0.102. The van der Waals surface area contributed by atoms with Crippen LogP contribution in [-0.2, 0) is 0 Å². The molecular formula is C14H12BrClN2O2. The topological polar surface area (TPSA) is 51.2 Å². The van der Waals surface area contributed by atoms with Crippen molar-refractivity contribution in [3.63, 3.8) is 0 Å². The number of rotatable bonds is 4. The Balaban J connectivity index is 2.23. The Kier molecular flexibility index (Phi) is 4.98. The Bertz CT molecular complexity index is 614. The van der Waals surface area contributed by atoms with E-state index in [1.165, 1.54) is 0 Å². The summed E-state index contributed by atoms with van der Waals surface area (Å²) < 4.78 is 6.10. The van der Waals surface area contributed by atoms with Crippen molar-refractivity contribution in [1.82, 2.24) is 4.98 Å². The minimum Gasteiger partial charge on any atom is -0.476 e. The molecular weight excluding hydrogens is 344 g/mol. The van der Waals surface area contributed by atoms with E-state index >= 15 is 0 Å². The number of carbonyl (C=O) groups excluding carboxylic acids is 1. The summed E-state index contributed by atoms with van der Waals surface area (Å²) >= 11 is 9.24. The predicted octanol–water partition coefficient (Wildman–Crippen LogP) is 4.15. The van der Waals surface area contributed by atoms with Crippen LogP contribution in [0.5, 0.6) is 5.88 Å². The van der Waals surface area contributed by atoms with Crippen LogP contribution >= 0.6 is 27.5 Å². The number of anilines is 1. The highest BCUT2D eigenvalue weighted by Gasteiger charge is 2.11. The number of benzene rings is 1. The normalized spacial score (nSPS) is 10.2. The first kappa shape index (κ1) is 14.8. The molecule has 0 fully saturated rings. The van der Waals surface area contributed by atoms with Crippen LogP contribution in [0.25, 0.3) is 0 Å². The zero-order chi connectivity index (χ0) is 14.5. The van der Waals surface area contributed by atoms with E-state index in [0.717, 1.165) is 4.47 Å². The summed E-state index contributed by atoms with van der Waals surface area (Å²) in [7, 11) is 0. The number of ether oxygens (including phenoxy) is 1. The highest BCUT2D eigenvalue weighted by atomic mass is 79.9. The molecule has 0 unspecified atom stereocenters. The maximum atomic E-state index is 12.2. The second-order valence-electron chi connectivity index (χ2n) is 3.90. The quantitative estimate of drug-likeness (QED) is 0.896. The minimum atomic E-state index is -0.276. The smallest absolute Gasteiger partial charge is 0.255 e. The molecule has 4 nitrogen and oxygen atoms in total. The van der Waals surface area contributed by atoms with Crippen molar-refractivity contribution in [2.75, 3.05) is 11.9 Å². The van der Waals surface area contributed by atoms with E-state index in [9.17, 15) is 4.79 Å². The standard InChI is InChI=1S/C14H12BrClN2O2/c1-2-20-14-12(4-3-5-17-14)18-13(19)9-6-10(15)8-11(16)7-9/h3-8H,2H2,1H3,(H,18,19). The minimum absolute atomic E-state index is 0.276. The highest BCUT2D eigenvalue weighted by molar-refractivity contribution is 9.10. The molecule has 1 aromatic carbocycles. The predicted molar refractivity (Wildman–Crippen MR) is 82.5 cm³/mol. The van der Waals surface area contributed by atoms with Crippen molar-refractivity contribution in [2.45, 2.75) is 6.92 Å². The van der Waals surface area contributed by atoms with Crippen LogP contribution in [-0.4, -0.2) is 17.5 Å². The molecule has 2 rings (SSSR count). The first-order valence-electron chi connectivity index (χ1n) is 5.95. The Labute approximate surface area is 130 Å². The van der Waals surface area contributed by atoms with Crippen molar-refractivity contribution in [3.8, 4) is 5.88 Å². The van der Waals surface area contributed by atoms with Gasteiger partial charge in [-0.3, -0.25) is 4.79 Å². The molecule has 0 atom stereocenters. The average Bonchev–Trinajstić information content (AvgIpc) is 2.40. The zero-order valence-corrected chi connectivity index (χ0v) is 13.0. The average molecular weight is 356 g/mol. The molecule has 0 aliphatic heterocycles. The number of amides is 1. The third kappa shape index (κ3) is 3.71. The van der Waals surface area contributed by atoms with Gasteiger partial charge < -0.3 is 10.1 Å². The number of carbonyl (C=O) groups is 1. The summed E-state index contributed by atoms with van der Waals surface area (Å²) in [6.45, 7) is 2.33. The fourth-order valence-electron chi connectivity index (χ4n) is 1.62. The third-order valence-corrected chi connectivity index (χ3v) is 3.10. The fourth-order valence-corrected chi connectivity index (χ4v) is 2.48. The van der Waals surface area contributed by atoms with Gasteiger partial charge in [0.2, 0.25) is 5.88 Å². The molecule has 2 aromatic rings. The number of nitrogens with one attached hydrogen (secondary N) is 1. The van der Waals surface area contributed by atoms with E-state index in [1.807, 2.05) is 6.92 Å². The fraction of sp³-hybridized carbons (Fsp3) is 0.143. The third-order valence-electron chi connectivity index (χ3n) is 2.43. The van der Waals surface area contributed by atoms with Gasteiger partial charge in [-0.25, -0.2) is 4.98 Å². The second-order valence-corrected chi connectivity index (χ2v) is 5.25. The number of aromatic nitrogens is 1. The summed E-state index contributed by atoms with van der Waals surface area (Å²) in [5, 5.41) is 3.25. The van der Waals surface area contributed by atoms with Gasteiger partial charge in [0, 0.05) is 21.3 Å². The largest absolute Gasteiger partial charge is 0.476 e. The van der Waals surface area contributed by atoms with Crippen LogP contribution in [0, 0.1) is 0 Å². The Morgan fingerprint density at radius 3 is 2.95 bits per heavy atom. The first-order valence-corrected chi connectivity index (χ1v) is 7.12. The lowest BCUT2D eigenvalue weighted by Gasteiger charge is -2.10. The number of nitrogens with zero attached hydrogens (tertiary/aromatic N) is 1. The number of pyridine rings is 1. The van der Waals surface area contributed by atoms with Gasteiger partial charge in [0.1, 0.15) is 5.69 Å². The van der Waals surface area contributed by atoms with E-state index in [-0.39, 0.29) is 5.91 Å². The van der Waals surface area contributed by atoms with E-state index in [1.54, 1.807) is 36.5 Å². The summed E-state index contributed by atoms with van der Waals surface area (Å²) in [6, 6.07) is 8.46. The van der Waals surface area contributed by atoms with Gasteiger partial charge in [-0.1, -0.05) is 27.5 Å². The van der Waals surface area contributed by atoms with Gasteiger partial charge in [-0.2, -0.15) is 0 Å². The lowest BCUT2D eigenvalue weighted by atomic mass is 10.2. The van der Waals surface area contributed by atoms with E-state index in [4.69, 9.17) is 16.3 Å². The van der Waals surface area contributed by atoms with Crippen LogP contribution in [0.2, 0.25) is 5.02 Å². The van der Waals surface area contributed by atoms with Gasteiger partial charge in [-0.05, 0) is 37.3 Å². The van der Waals surface area contributed by atoms with Crippen LogP contribution in [0.1, 0.15) is 17.3 Å². The SMILES string of the molecule is CCOc1ncccc1NC(=O)c1cc(Cl)cc(Br)c1. The molecule has 20 heavy (non-hydrogen) atoms. The van der Waals surface area contributed by atoms with Crippen molar-refractivity contribution in [3.05, 3.63) is 51.6 Å². The molecule has 1 heterocycles. The molecule has 0 spiro atoms. The number of halogens is 2. The van der Waals surface area contributed by atoms with Gasteiger partial charge >= 0.3 is 0 Å². The van der Waals surface area contributed by atoms with Crippen molar-refractivity contribution < 1.29 is 9.53 Å². The molecule has 104 valence electrons. The Morgan fingerprint density at radius 2 is 2.25 bits per heavy atom.